The standard InChI is InChI=1S/C27H38ClN7O4S/c1-18-14-20(18)17-35(12-13-38-6)22-15-21(23(28)24(30-22)34(5)40(36,37)33(3)4)25-31-32-26(39-25)27(2,29)16-19-10-8-7-9-11-19/h7-11,15,18,20H,12-14,16-17,29H2,1-6H3/t18?,20?,27-/m1/s1. The normalized spacial score (nSPS) is 18.5. The highest BCUT2D eigenvalue weighted by Gasteiger charge is 2.36. The van der Waals surface area contributed by atoms with Crippen LogP contribution in [0.2, 0.25) is 5.02 Å². The van der Waals surface area contributed by atoms with E-state index in [9.17, 15) is 8.42 Å². The number of hydrogen-bond acceptors (Lipinski definition) is 9. The van der Waals surface area contributed by atoms with Crippen LogP contribution in [0, 0.1) is 11.8 Å². The van der Waals surface area contributed by atoms with Crippen LogP contribution < -0.4 is 14.9 Å². The van der Waals surface area contributed by atoms with Crippen molar-refractivity contribution in [3.05, 3.63) is 52.9 Å². The maximum Gasteiger partial charge on any atom is 0.304 e. The predicted molar refractivity (Wildman–Crippen MR) is 157 cm³/mol. The largest absolute Gasteiger partial charge is 0.419 e. The van der Waals surface area contributed by atoms with Crippen LogP contribution in [0.4, 0.5) is 11.6 Å². The summed E-state index contributed by atoms with van der Waals surface area (Å²) in [4.78, 5) is 6.80. The van der Waals surface area contributed by atoms with Crippen molar-refractivity contribution in [3.63, 3.8) is 0 Å². The molecule has 2 heterocycles. The number of methoxy groups -OCH3 is 1. The average molecular weight is 592 g/mol. The van der Waals surface area contributed by atoms with E-state index in [-0.39, 0.29) is 22.6 Å². The molecule has 1 saturated carbocycles. The first-order chi connectivity index (χ1) is 18.8. The summed E-state index contributed by atoms with van der Waals surface area (Å²) < 4.78 is 39.8. The zero-order valence-corrected chi connectivity index (χ0v) is 25.4. The number of nitrogens with zero attached hydrogens (tertiary/aromatic N) is 6. The molecule has 1 fully saturated rings. The van der Waals surface area contributed by atoms with Gasteiger partial charge in [-0.05, 0) is 43.2 Å². The van der Waals surface area contributed by atoms with E-state index in [1.807, 2.05) is 37.3 Å². The Bertz CT molecular complexity index is 1420. The third-order valence-electron chi connectivity index (χ3n) is 7.21. The number of pyridine rings is 1. The molecule has 13 heteroatoms. The summed E-state index contributed by atoms with van der Waals surface area (Å²) in [5.74, 6) is 2.06. The smallest absolute Gasteiger partial charge is 0.304 e. The molecule has 0 saturated heterocycles. The molecule has 0 spiro atoms. The molecule has 40 heavy (non-hydrogen) atoms. The van der Waals surface area contributed by atoms with Gasteiger partial charge in [0.1, 0.15) is 5.82 Å². The van der Waals surface area contributed by atoms with E-state index in [0.717, 1.165) is 27.1 Å². The van der Waals surface area contributed by atoms with E-state index in [1.54, 1.807) is 13.2 Å². The third kappa shape index (κ3) is 6.58. The van der Waals surface area contributed by atoms with E-state index >= 15 is 0 Å². The van der Waals surface area contributed by atoms with Crippen molar-refractivity contribution in [1.82, 2.24) is 19.5 Å². The number of anilines is 2. The maximum atomic E-state index is 13.1. The molecule has 2 N–H and O–H groups in total. The van der Waals surface area contributed by atoms with Gasteiger partial charge in [-0.2, -0.15) is 12.7 Å². The van der Waals surface area contributed by atoms with Gasteiger partial charge in [0.2, 0.25) is 11.8 Å². The van der Waals surface area contributed by atoms with Crippen LogP contribution in [-0.2, 0) is 26.9 Å². The van der Waals surface area contributed by atoms with E-state index in [4.69, 9.17) is 31.5 Å². The summed E-state index contributed by atoms with van der Waals surface area (Å²) in [6.45, 7) is 5.81. The van der Waals surface area contributed by atoms with Crippen molar-refractivity contribution in [2.24, 2.45) is 17.6 Å². The first kappa shape index (κ1) is 30.2. The first-order valence-corrected chi connectivity index (χ1v) is 14.9. The van der Waals surface area contributed by atoms with Gasteiger partial charge in [0.25, 0.3) is 0 Å². The Morgan fingerprint density at radius 3 is 2.48 bits per heavy atom. The lowest BCUT2D eigenvalue weighted by Crippen LogP contribution is -2.38. The minimum Gasteiger partial charge on any atom is -0.419 e. The molecule has 218 valence electrons. The molecule has 0 amide bonds. The van der Waals surface area contributed by atoms with Crippen molar-refractivity contribution in [1.29, 1.82) is 0 Å². The summed E-state index contributed by atoms with van der Waals surface area (Å²) in [6, 6.07) is 11.6. The van der Waals surface area contributed by atoms with Crippen LogP contribution in [0.15, 0.2) is 40.8 Å². The van der Waals surface area contributed by atoms with Gasteiger partial charge in [0, 0.05) is 41.3 Å². The molecule has 0 radical (unpaired) electrons. The summed E-state index contributed by atoms with van der Waals surface area (Å²) in [7, 11) is 2.05. The number of ether oxygens (including phenoxy) is 1. The van der Waals surface area contributed by atoms with Gasteiger partial charge in [-0.1, -0.05) is 48.9 Å². The van der Waals surface area contributed by atoms with E-state index in [2.05, 4.69) is 22.0 Å². The molecule has 2 unspecified atom stereocenters. The SMILES string of the molecule is COCCN(CC1CC1C)c1cc(-c2nnc([C@](C)(N)Cc3ccccc3)o2)c(Cl)c(N(C)S(=O)(=O)N(C)C)n1. The lowest BCUT2D eigenvalue weighted by atomic mass is 9.94. The second-order valence-electron chi connectivity index (χ2n) is 10.8. The number of nitrogens with two attached hydrogens (primary N) is 1. The van der Waals surface area contributed by atoms with Gasteiger partial charge in [-0.25, -0.2) is 9.29 Å². The van der Waals surface area contributed by atoms with Gasteiger partial charge >= 0.3 is 10.2 Å². The quantitative estimate of drug-likeness (QED) is 0.317. The fourth-order valence-electron chi connectivity index (χ4n) is 4.48. The van der Waals surface area contributed by atoms with Crippen molar-refractivity contribution < 1.29 is 17.6 Å². The van der Waals surface area contributed by atoms with Crippen molar-refractivity contribution in [2.75, 3.05) is 57.2 Å². The van der Waals surface area contributed by atoms with Gasteiger partial charge in [-0.3, -0.25) is 0 Å². The van der Waals surface area contributed by atoms with Gasteiger partial charge in [-0.15, -0.1) is 10.2 Å². The molecule has 1 aliphatic carbocycles. The monoisotopic (exact) mass is 591 g/mol. The summed E-state index contributed by atoms with van der Waals surface area (Å²) in [6.07, 6.45) is 1.60. The lowest BCUT2D eigenvalue weighted by Gasteiger charge is -2.28. The van der Waals surface area contributed by atoms with Crippen LogP contribution in [0.5, 0.6) is 0 Å². The molecule has 4 rings (SSSR count). The van der Waals surface area contributed by atoms with Crippen molar-refractivity contribution in [3.8, 4) is 11.5 Å². The second kappa shape index (κ2) is 12.0. The van der Waals surface area contributed by atoms with Gasteiger partial charge < -0.3 is 19.8 Å². The molecule has 0 bridgehead atoms. The second-order valence-corrected chi connectivity index (χ2v) is 13.4. The lowest BCUT2D eigenvalue weighted by molar-refractivity contribution is 0.204. The molecule has 0 aliphatic heterocycles. The Kier molecular flexibility index (Phi) is 9.05. The first-order valence-electron chi connectivity index (χ1n) is 13.1. The Morgan fingerprint density at radius 2 is 1.88 bits per heavy atom. The highest BCUT2D eigenvalue weighted by molar-refractivity contribution is 7.90. The number of rotatable bonds is 13. The van der Waals surface area contributed by atoms with Crippen LogP contribution >= 0.6 is 11.6 Å². The highest BCUT2D eigenvalue weighted by atomic mass is 35.5. The molecule has 2 aromatic heterocycles. The maximum absolute atomic E-state index is 13.1. The minimum absolute atomic E-state index is 0.0497. The van der Waals surface area contributed by atoms with Crippen LogP contribution in [0.1, 0.15) is 31.7 Å². The van der Waals surface area contributed by atoms with E-state index in [0.29, 0.717) is 42.8 Å². The molecule has 11 nitrogen and oxygen atoms in total. The van der Waals surface area contributed by atoms with Crippen molar-refractivity contribution in [2.45, 2.75) is 32.2 Å². The van der Waals surface area contributed by atoms with Crippen LogP contribution in [0.3, 0.4) is 0 Å². The summed E-state index contributed by atoms with van der Waals surface area (Å²) >= 11 is 6.84. The Hall–Kier alpha value is -2.77. The molecule has 1 aromatic carbocycles. The zero-order valence-electron chi connectivity index (χ0n) is 23.8. The number of benzene rings is 1. The minimum atomic E-state index is -3.89. The van der Waals surface area contributed by atoms with E-state index < -0.39 is 15.7 Å². The average Bonchev–Trinajstić information content (AvgIpc) is 3.37. The fraction of sp³-hybridized carbons (Fsp3) is 0.519. The summed E-state index contributed by atoms with van der Waals surface area (Å²) in [5.41, 5.74) is 7.06. The molecular formula is C27H38ClN7O4S. The zero-order chi connectivity index (χ0) is 29.2. The fourth-order valence-corrected chi connectivity index (χ4v) is 5.67. The van der Waals surface area contributed by atoms with Crippen LogP contribution in [-0.4, -0.2) is 75.9 Å². The highest BCUT2D eigenvalue weighted by Crippen LogP contribution is 2.41. The Morgan fingerprint density at radius 1 is 1.20 bits per heavy atom. The molecular weight excluding hydrogens is 554 g/mol. The number of halogens is 1. The topological polar surface area (TPSA) is 131 Å². The Balaban J connectivity index is 1.79. The van der Waals surface area contributed by atoms with Crippen LogP contribution in [0.25, 0.3) is 11.5 Å². The Labute approximate surface area is 241 Å². The number of aromatic nitrogens is 3. The summed E-state index contributed by atoms with van der Waals surface area (Å²) in [5, 5.41) is 8.59. The van der Waals surface area contributed by atoms with Gasteiger partial charge in [0.05, 0.1) is 22.7 Å². The number of hydrogen-bond donors (Lipinski definition) is 1. The molecule has 3 atom stereocenters. The van der Waals surface area contributed by atoms with Crippen molar-refractivity contribution >= 4 is 33.4 Å². The third-order valence-corrected chi connectivity index (χ3v) is 9.37. The predicted octanol–water partition coefficient (Wildman–Crippen LogP) is 3.55. The van der Waals surface area contributed by atoms with Gasteiger partial charge in [0.15, 0.2) is 5.82 Å². The molecule has 3 aromatic rings. The van der Waals surface area contributed by atoms with E-state index in [1.165, 1.54) is 21.1 Å². The molecule has 1 aliphatic rings.